The first kappa shape index (κ1) is 16.7. The lowest BCUT2D eigenvalue weighted by Crippen LogP contribution is -2.37. The Labute approximate surface area is 143 Å². The third-order valence-corrected chi connectivity index (χ3v) is 4.76. The van der Waals surface area contributed by atoms with Gasteiger partial charge in [-0.3, -0.25) is 14.4 Å². The van der Waals surface area contributed by atoms with E-state index in [1.165, 1.54) is 12.8 Å². The Hall–Kier alpha value is -2.14. The van der Waals surface area contributed by atoms with Crippen molar-refractivity contribution in [2.75, 3.05) is 13.1 Å². The molecule has 2 atom stereocenters. The van der Waals surface area contributed by atoms with Gasteiger partial charge in [-0.1, -0.05) is 30.3 Å². The summed E-state index contributed by atoms with van der Waals surface area (Å²) in [4.78, 5) is 14.7. The normalized spacial score (nSPS) is 19.3. The van der Waals surface area contributed by atoms with Gasteiger partial charge in [-0.15, -0.1) is 0 Å². The van der Waals surface area contributed by atoms with E-state index in [1.807, 2.05) is 60.4 Å². The van der Waals surface area contributed by atoms with Gasteiger partial charge in [0.25, 0.3) is 0 Å². The third-order valence-electron chi connectivity index (χ3n) is 4.76. The maximum absolute atomic E-state index is 12.3. The van der Waals surface area contributed by atoms with Crippen molar-refractivity contribution in [3.05, 3.63) is 54.4 Å². The van der Waals surface area contributed by atoms with E-state index >= 15 is 0 Å². The van der Waals surface area contributed by atoms with Crippen LogP contribution in [-0.4, -0.2) is 39.7 Å². The van der Waals surface area contributed by atoms with Gasteiger partial charge in [-0.25, -0.2) is 0 Å². The van der Waals surface area contributed by atoms with Gasteiger partial charge in [0.2, 0.25) is 5.91 Å². The molecule has 1 aliphatic heterocycles. The highest BCUT2D eigenvalue weighted by atomic mass is 16.1. The fraction of sp³-hybridized carbons (Fsp3) is 0.474. The molecule has 1 N–H and O–H groups in total. The van der Waals surface area contributed by atoms with E-state index in [9.17, 15) is 4.79 Å². The molecule has 2 aromatic rings. The highest BCUT2D eigenvalue weighted by Crippen LogP contribution is 2.19. The van der Waals surface area contributed by atoms with Crippen LogP contribution < -0.4 is 5.32 Å². The van der Waals surface area contributed by atoms with Gasteiger partial charge in [0.05, 0.1) is 12.6 Å². The predicted octanol–water partition coefficient (Wildman–Crippen LogP) is 2.62. The van der Waals surface area contributed by atoms with Crippen LogP contribution >= 0.6 is 0 Å². The maximum Gasteiger partial charge on any atom is 0.221 e. The summed E-state index contributed by atoms with van der Waals surface area (Å²) in [5.41, 5.74) is 1.14. The Morgan fingerprint density at radius 3 is 2.92 bits per heavy atom. The zero-order chi connectivity index (χ0) is 16.8. The van der Waals surface area contributed by atoms with Crippen molar-refractivity contribution in [3.8, 4) is 0 Å². The summed E-state index contributed by atoms with van der Waals surface area (Å²) < 4.78 is 1.99. The molecule has 3 rings (SSSR count). The first-order chi connectivity index (χ1) is 11.7. The molecule has 24 heavy (non-hydrogen) atoms. The van der Waals surface area contributed by atoms with Gasteiger partial charge in [-0.2, -0.15) is 5.10 Å². The second-order valence-electron chi connectivity index (χ2n) is 6.51. The molecule has 2 heterocycles. The molecule has 5 heteroatoms. The fourth-order valence-corrected chi connectivity index (χ4v) is 3.40. The average molecular weight is 326 g/mol. The van der Waals surface area contributed by atoms with Gasteiger partial charge in [-0.05, 0) is 37.9 Å². The van der Waals surface area contributed by atoms with Crippen molar-refractivity contribution in [1.29, 1.82) is 0 Å². The maximum atomic E-state index is 12.3. The molecular weight excluding hydrogens is 300 g/mol. The molecule has 0 spiro atoms. The number of aromatic nitrogens is 2. The van der Waals surface area contributed by atoms with Gasteiger partial charge >= 0.3 is 0 Å². The smallest absolute Gasteiger partial charge is 0.221 e. The molecule has 0 bridgehead atoms. The molecule has 5 nitrogen and oxygen atoms in total. The molecule has 1 aromatic carbocycles. The van der Waals surface area contributed by atoms with E-state index in [1.54, 1.807) is 0 Å². The summed E-state index contributed by atoms with van der Waals surface area (Å²) in [6.45, 7) is 4.84. The molecular formula is C19H26N4O. The second-order valence-corrected chi connectivity index (χ2v) is 6.51. The Morgan fingerprint density at radius 1 is 1.33 bits per heavy atom. The number of hydrogen-bond acceptors (Lipinski definition) is 3. The molecule has 0 radical (unpaired) electrons. The Morgan fingerprint density at radius 2 is 2.17 bits per heavy atom. The zero-order valence-electron chi connectivity index (χ0n) is 14.3. The van der Waals surface area contributed by atoms with E-state index in [0.717, 1.165) is 25.2 Å². The molecule has 1 aromatic heterocycles. The number of amides is 1. The summed E-state index contributed by atoms with van der Waals surface area (Å²) >= 11 is 0. The number of carbonyl (C=O) groups excluding carboxylic acids is 1. The first-order valence-corrected chi connectivity index (χ1v) is 8.78. The quantitative estimate of drug-likeness (QED) is 0.851. The zero-order valence-corrected chi connectivity index (χ0v) is 14.3. The summed E-state index contributed by atoms with van der Waals surface area (Å²) in [6.07, 6.45) is 6.76. The van der Waals surface area contributed by atoms with Gasteiger partial charge in [0.15, 0.2) is 0 Å². The van der Waals surface area contributed by atoms with Crippen LogP contribution in [0.1, 0.15) is 37.8 Å². The van der Waals surface area contributed by atoms with Gasteiger partial charge < -0.3 is 5.32 Å². The van der Waals surface area contributed by atoms with E-state index < -0.39 is 0 Å². The Kier molecular flexibility index (Phi) is 5.64. The van der Waals surface area contributed by atoms with E-state index in [0.29, 0.717) is 12.5 Å². The highest BCUT2D eigenvalue weighted by molar-refractivity contribution is 5.76. The molecule has 0 aliphatic carbocycles. The number of nitrogens with one attached hydrogen (secondary N) is 1. The average Bonchev–Trinajstić information content (AvgIpc) is 3.26. The monoisotopic (exact) mass is 326 g/mol. The summed E-state index contributed by atoms with van der Waals surface area (Å²) in [5.74, 6) is 0.121. The standard InChI is InChI=1S/C19H26N4O/c1-16(17-7-3-2-4-8-17)21-19(24)10-14-22-12-5-9-18(22)15-23-13-6-11-20-23/h2-4,6-8,11,13,16,18H,5,9-10,12,14-15H2,1H3,(H,21,24)/t16-,18+/m1/s1. The van der Waals surface area contributed by atoms with Crippen LogP contribution in [-0.2, 0) is 11.3 Å². The topological polar surface area (TPSA) is 50.2 Å². The van der Waals surface area contributed by atoms with E-state index in [-0.39, 0.29) is 11.9 Å². The minimum absolute atomic E-state index is 0.0529. The second kappa shape index (κ2) is 8.11. The van der Waals surface area contributed by atoms with Crippen molar-refractivity contribution >= 4 is 5.91 Å². The van der Waals surface area contributed by atoms with Gasteiger partial charge in [0, 0.05) is 31.4 Å². The summed E-state index contributed by atoms with van der Waals surface area (Å²) in [6, 6.07) is 12.6. The van der Waals surface area contributed by atoms with Crippen LogP contribution in [0.2, 0.25) is 0 Å². The molecule has 0 saturated carbocycles. The Balaban J connectivity index is 1.45. The fourth-order valence-electron chi connectivity index (χ4n) is 3.40. The van der Waals surface area contributed by atoms with Crippen molar-refractivity contribution in [1.82, 2.24) is 20.0 Å². The molecule has 0 unspecified atom stereocenters. The largest absolute Gasteiger partial charge is 0.350 e. The van der Waals surface area contributed by atoms with E-state index in [4.69, 9.17) is 0 Å². The summed E-state index contributed by atoms with van der Waals surface area (Å²) in [7, 11) is 0. The van der Waals surface area contributed by atoms with Crippen LogP contribution in [0.15, 0.2) is 48.8 Å². The number of carbonyl (C=O) groups is 1. The number of benzene rings is 1. The lowest BCUT2D eigenvalue weighted by molar-refractivity contribution is -0.122. The third kappa shape index (κ3) is 4.45. The minimum atomic E-state index is 0.0529. The lowest BCUT2D eigenvalue weighted by atomic mass is 10.1. The van der Waals surface area contributed by atoms with Crippen LogP contribution in [0.4, 0.5) is 0 Å². The van der Waals surface area contributed by atoms with Crippen LogP contribution in [0.5, 0.6) is 0 Å². The van der Waals surface area contributed by atoms with Gasteiger partial charge in [0.1, 0.15) is 0 Å². The summed E-state index contributed by atoms with van der Waals surface area (Å²) in [5, 5.41) is 7.39. The number of hydrogen-bond donors (Lipinski definition) is 1. The van der Waals surface area contributed by atoms with E-state index in [2.05, 4.69) is 15.3 Å². The van der Waals surface area contributed by atoms with Crippen molar-refractivity contribution in [2.24, 2.45) is 0 Å². The number of rotatable bonds is 7. The molecule has 1 fully saturated rings. The number of likely N-dealkylation sites (tertiary alicyclic amines) is 1. The Bertz CT molecular complexity index is 626. The lowest BCUT2D eigenvalue weighted by Gasteiger charge is -2.24. The highest BCUT2D eigenvalue weighted by Gasteiger charge is 2.25. The molecule has 1 aliphatic rings. The molecule has 1 amide bonds. The minimum Gasteiger partial charge on any atom is -0.350 e. The predicted molar refractivity (Wildman–Crippen MR) is 94.4 cm³/mol. The molecule has 1 saturated heterocycles. The van der Waals surface area contributed by atoms with Crippen LogP contribution in [0, 0.1) is 0 Å². The number of nitrogens with zero attached hydrogens (tertiary/aromatic N) is 3. The van der Waals surface area contributed by atoms with Crippen LogP contribution in [0.3, 0.4) is 0 Å². The van der Waals surface area contributed by atoms with Crippen LogP contribution in [0.25, 0.3) is 0 Å². The van der Waals surface area contributed by atoms with Crippen molar-refractivity contribution < 1.29 is 4.79 Å². The van der Waals surface area contributed by atoms with Crippen molar-refractivity contribution in [3.63, 3.8) is 0 Å². The van der Waals surface area contributed by atoms with Crippen molar-refractivity contribution in [2.45, 2.75) is 44.8 Å². The molecule has 128 valence electrons. The SMILES string of the molecule is C[C@@H](NC(=O)CCN1CCC[C@H]1Cn1cccn1)c1ccccc1. The first-order valence-electron chi connectivity index (χ1n) is 8.78.